The van der Waals surface area contributed by atoms with Crippen molar-refractivity contribution in [2.24, 2.45) is 11.3 Å². The normalized spacial score (nSPS) is 23.9. The van der Waals surface area contributed by atoms with Crippen LogP contribution in [0, 0.1) is 11.3 Å². The van der Waals surface area contributed by atoms with E-state index in [-0.39, 0.29) is 0 Å². The van der Waals surface area contributed by atoms with Gasteiger partial charge in [0.05, 0.1) is 17.4 Å². The molecule has 0 spiro atoms. The number of hydrogen-bond donors (Lipinski definition) is 2. The van der Waals surface area contributed by atoms with Gasteiger partial charge in [0.1, 0.15) is 0 Å². The van der Waals surface area contributed by atoms with Crippen LogP contribution >= 0.6 is 0 Å². The number of nitrogens with zero attached hydrogens (tertiary/aromatic N) is 1. The van der Waals surface area contributed by atoms with Crippen LogP contribution in [0.15, 0.2) is 24.4 Å². The smallest absolute Gasteiger partial charge is 0.0881 e. The van der Waals surface area contributed by atoms with E-state index in [4.69, 9.17) is 0 Å². The van der Waals surface area contributed by atoms with Crippen LogP contribution in [0.2, 0.25) is 0 Å². The van der Waals surface area contributed by atoms with Crippen molar-refractivity contribution >= 4 is 16.6 Å². The first-order chi connectivity index (χ1) is 9.54. The van der Waals surface area contributed by atoms with E-state index in [2.05, 4.69) is 54.5 Å². The second-order valence-corrected chi connectivity index (χ2v) is 7.20. The molecule has 1 aliphatic rings. The van der Waals surface area contributed by atoms with Crippen molar-refractivity contribution in [1.29, 1.82) is 0 Å². The predicted octanol–water partition coefficient (Wildman–Crippen LogP) is 4.58. The Bertz CT molecular complexity index is 571. The summed E-state index contributed by atoms with van der Waals surface area (Å²) in [5.74, 6) is 0.864. The van der Waals surface area contributed by atoms with E-state index >= 15 is 0 Å². The van der Waals surface area contributed by atoms with Gasteiger partial charge in [-0.3, -0.25) is 5.10 Å². The van der Waals surface area contributed by atoms with Gasteiger partial charge in [-0.2, -0.15) is 5.10 Å². The largest absolute Gasteiger partial charge is 0.381 e. The Morgan fingerprint density at radius 2 is 1.90 bits per heavy atom. The van der Waals surface area contributed by atoms with E-state index < -0.39 is 0 Å². The highest BCUT2D eigenvalue weighted by Crippen LogP contribution is 2.38. The average Bonchev–Trinajstić information content (AvgIpc) is 2.88. The van der Waals surface area contributed by atoms with E-state index in [0.29, 0.717) is 11.5 Å². The van der Waals surface area contributed by atoms with Gasteiger partial charge in [0, 0.05) is 11.4 Å². The van der Waals surface area contributed by atoms with Crippen molar-refractivity contribution in [2.75, 3.05) is 5.32 Å². The Hall–Kier alpha value is -1.51. The summed E-state index contributed by atoms with van der Waals surface area (Å²) < 4.78 is 0. The molecule has 108 valence electrons. The van der Waals surface area contributed by atoms with Crippen LogP contribution in [-0.2, 0) is 0 Å². The maximum absolute atomic E-state index is 4.13. The van der Waals surface area contributed by atoms with Gasteiger partial charge in [0.2, 0.25) is 0 Å². The quantitative estimate of drug-likeness (QED) is 0.839. The van der Waals surface area contributed by atoms with Crippen molar-refractivity contribution in [2.45, 2.75) is 52.5 Å². The number of nitrogens with one attached hydrogen (secondary N) is 2. The Morgan fingerprint density at radius 1 is 1.15 bits per heavy atom. The molecule has 1 heterocycles. The van der Waals surface area contributed by atoms with Crippen molar-refractivity contribution in [1.82, 2.24) is 10.2 Å². The van der Waals surface area contributed by atoms with E-state index in [9.17, 15) is 0 Å². The molecule has 0 unspecified atom stereocenters. The van der Waals surface area contributed by atoms with Crippen molar-refractivity contribution < 1.29 is 0 Å². The molecular weight excluding hydrogens is 246 g/mol. The third-order valence-electron chi connectivity index (χ3n) is 4.79. The standard InChI is InChI=1S/C17H25N3/c1-17(2,3)13-7-9-14(10-8-13)19-15-6-4-5-12-11-18-20-16(12)15/h4-6,11,13-14,19H,7-10H2,1-3H3,(H,18,20). The minimum atomic E-state index is 0.453. The molecule has 1 aromatic heterocycles. The maximum Gasteiger partial charge on any atom is 0.0881 e. The summed E-state index contributed by atoms with van der Waals surface area (Å²) in [5.41, 5.74) is 2.78. The van der Waals surface area contributed by atoms with Crippen LogP contribution in [0.3, 0.4) is 0 Å². The molecule has 3 rings (SSSR count). The number of hydrogen-bond acceptors (Lipinski definition) is 2. The molecule has 0 radical (unpaired) electrons. The molecular formula is C17H25N3. The zero-order chi connectivity index (χ0) is 14.2. The van der Waals surface area contributed by atoms with Gasteiger partial charge < -0.3 is 5.32 Å². The minimum absolute atomic E-state index is 0.453. The lowest BCUT2D eigenvalue weighted by molar-refractivity contribution is 0.173. The molecule has 20 heavy (non-hydrogen) atoms. The number of rotatable bonds is 2. The monoisotopic (exact) mass is 271 g/mol. The highest BCUT2D eigenvalue weighted by Gasteiger charge is 2.29. The first-order valence-corrected chi connectivity index (χ1v) is 7.72. The van der Waals surface area contributed by atoms with E-state index in [1.54, 1.807) is 0 Å². The summed E-state index contributed by atoms with van der Waals surface area (Å²) >= 11 is 0. The zero-order valence-electron chi connectivity index (χ0n) is 12.7. The number of anilines is 1. The van der Waals surface area contributed by atoms with E-state index in [1.807, 2.05) is 6.20 Å². The van der Waals surface area contributed by atoms with E-state index in [0.717, 1.165) is 11.4 Å². The van der Waals surface area contributed by atoms with Crippen molar-refractivity contribution in [3.8, 4) is 0 Å². The Labute approximate surface area is 121 Å². The van der Waals surface area contributed by atoms with Crippen molar-refractivity contribution in [3.05, 3.63) is 24.4 Å². The summed E-state index contributed by atoms with van der Waals surface area (Å²) in [4.78, 5) is 0. The van der Waals surface area contributed by atoms with Crippen LogP contribution < -0.4 is 5.32 Å². The number of aromatic nitrogens is 2. The summed E-state index contributed by atoms with van der Waals surface area (Å²) in [6, 6.07) is 6.94. The lowest BCUT2D eigenvalue weighted by atomic mass is 9.71. The van der Waals surface area contributed by atoms with Gasteiger partial charge >= 0.3 is 0 Å². The topological polar surface area (TPSA) is 40.7 Å². The SMILES string of the molecule is CC(C)(C)C1CCC(Nc2cccc3cn[nH]c23)CC1. The molecule has 0 saturated heterocycles. The van der Waals surface area contributed by atoms with Gasteiger partial charge in [0.15, 0.2) is 0 Å². The average molecular weight is 271 g/mol. The number of aromatic amines is 1. The molecule has 1 aromatic carbocycles. The van der Waals surface area contributed by atoms with E-state index in [1.165, 1.54) is 36.8 Å². The molecule has 2 aromatic rings. The van der Waals surface area contributed by atoms with Gasteiger partial charge in [-0.1, -0.05) is 32.9 Å². The summed E-state index contributed by atoms with van der Waals surface area (Å²) in [6.45, 7) is 7.12. The minimum Gasteiger partial charge on any atom is -0.381 e. The third kappa shape index (κ3) is 2.67. The van der Waals surface area contributed by atoms with Gasteiger partial charge in [0.25, 0.3) is 0 Å². The second-order valence-electron chi connectivity index (χ2n) is 7.20. The molecule has 0 atom stereocenters. The Kier molecular flexibility index (Phi) is 3.45. The maximum atomic E-state index is 4.13. The molecule has 0 aliphatic heterocycles. The van der Waals surface area contributed by atoms with Gasteiger partial charge in [-0.25, -0.2) is 0 Å². The van der Waals surface area contributed by atoms with Crippen LogP contribution in [-0.4, -0.2) is 16.2 Å². The number of para-hydroxylation sites is 1. The molecule has 1 saturated carbocycles. The fraction of sp³-hybridized carbons (Fsp3) is 0.588. The van der Waals surface area contributed by atoms with Gasteiger partial charge in [-0.15, -0.1) is 0 Å². The van der Waals surface area contributed by atoms with Crippen molar-refractivity contribution in [3.63, 3.8) is 0 Å². The third-order valence-corrected chi connectivity index (χ3v) is 4.79. The summed E-state index contributed by atoms with van der Waals surface area (Å²) in [5, 5.41) is 12.1. The fourth-order valence-electron chi connectivity index (χ4n) is 3.41. The Morgan fingerprint density at radius 3 is 2.60 bits per heavy atom. The predicted molar refractivity (Wildman–Crippen MR) is 84.9 cm³/mol. The summed E-state index contributed by atoms with van der Waals surface area (Å²) in [6.07, 6.45) is 7.09. The molecule has 3 heteroatoms. The first kappa shape index (κ1) is 13.5. The molecule has 0 bridgehead atoms. The number of H-pyrrole nitrogens is 1. The lowest BCUT2D eigenvalue weighted by Gasteiger charge is -2.37. The summed E-state index contributed by atoms with van der Waals surface area (Å²) in [7, 11) is 0. The highest BCUT2D eigenvalue weighted by atomic mass is 15.1. The molecule has 0 amide bonds. The molecule has 2 N–H and O–H groups in total. The zero-order valence-corrected chi connectivity index (χ0v) is 12.7. The fourth-order valence-corrected chi connectivity index (χ4v) is 3.41. The van der Waals surface area contributed by atoms with Crippen LogP contribution in [0.4, 0.5) is 5.69 Å². The van der Waals surface area contributed by atoms with Crippen LogP contribution in [0.25, 0.3) is 10.9 Å². The number of benzene rings is 1. The second kappa shape index (κ2) is 5.12. The van der Waals surface area contributed by atoms with Crippen LogP contribution in [0.5, 0.6) is 0 Å². The highest BCUT2D eigenvalue weighted by molar-refractivity contribution is 5.89. The lowest BCUT2D eigenvalue weighted by Crippen LogP contribution is -2.31. The first-order valence-electron chi connectivity index (χ1n) is 7.72. The molecule has 1 aliphatic carbocycles. The van der Waals surface area contributed by atoms with Gasteiger partial charge in [-0.05, 0) is 43.1 Å². The molecule has 3 nitrogen and oxygen atoms in total. The number of fused-ring (bicyclic) bond motifs is 1. The van der Waals surface area contributed by atoms with Crippen LogP contribution in [0.1, 0.15) is 46.5 Å². The molecule has 1 fully saturated rings. The Balaban J connectivity index is 1.67.